The van der Waals surface area contributed by atoms with Crippen molar-refractivity contribution < 1.29 is 15.0 Å². The molecule has 4 N–H and O–H groups in total. The van der Waals surface area contributed by atoms with E-state index in [-0.39, 0.29) is 17.4 Å². The minimum Gasteiger partial charge on any atom is -0.478 e. The summed E-state index contributed by atoms with van der Waals surface area (Å²) in [5.41, 5.74) is 6.17. The highest BCUT2D eigenvalue weighted by Gasteiger charge is 2.25. The normalized spacial score (nSPS) is 18.3. The quantitative estimate of drug-likeness (QED) is 0.752. The predicted molar refractivity (Wildman–Crippen MR) is 72.2 cm³/mol. The Morgan fingerprint density at radius 3 is 2.68 bits per heavy atom. The molecule has 0 aliphatic carbocycles. The number of nitrogens with zero attached hydrogens (tertiary/aromatic N) is 2. The smallest absolute Gasteiger partial charge is 0.337 e. The van der Waals surface area contributed by atoms with Gasteiger partial charge in [0.25, 0.3) is 0 Å². The van der Waals surface area contributed by atoms with Gasteiger partial charge in [0.2, 0.25) is 0 Å². The summed E-state index contributed by atoms with van der Waals surface area (Å²) >= 11 is 0. The van der Waals surface area contributed by atoms with Crippen molar-refractivity contribution in [3.63, 3.8) is 0 Å². The molecule has 1 unspecified atom stereocenters. The second-order valence-electron chi connectivity index (χ2n) is 4.97. The number of piperidine rings is 1. The minimum absolute atomic E-state index is 0.0858. The molecular weight excluding hydrogens is 246 g/mol. The number of aliphatic hydroxyl groups excluding tert-OH is 1. The van der Waals surface area contributed by atoms with E-state index in [0.29, 0.717) is 11.7 Å². The molecule has 1 saturated heterocycles. The third-order valence-electron chi connectivity index (χ3n) is 3.72. The van der Waals surface area contributed by atoms with Gasteiger partial charge in [-0.05, 0) is 31.7 Å². The number of aromatic nitrogens is 1. The van der Waals surface area contributed by atoms with Gasteiger partial charge in [-0.3, -0.25) is 0 Å². The maximum atomic E-state index is 11.0. The number of nitrogens with two attached hydrogens (primary N) is 1. The molecule has 1 fully saturated rings. The van der Waals surface area contributed by atoms with Gasteiger partial charge in [0.05, 0.1) is 17.4 Å². The SMILES string of the molecule is CC(O)C1CCN(c2nccc(C(=O)O)c2N)CC1. The number of hydrogen-bond acceptors (Lipinski definition) is 5. The van der Waals surface area contributed by atoms with E-state index in [0.717, 1.165) is 25.9 Å². The van der Waals surface area contributed by atoms with E-state index in [1.165, 1.54) is 12.3 Å². The number of carbonyl (C=O) groups is 1. The van der Waals surface area contributed by atoms with Gasteiger partial charge >= 0.3 is 5.97 Å². The molecule has 1 atom stereocenters. The maximum Gasteiger partial charge on any atom is 0.337 e. The summed E-state index contributed by atoms with van der Waals surface area (Å²) in [5, 5.41) is 18.6. The van der Waals surface area contributed by atoms with Crippen LogP contribution in [0.25, 0.3) is 0 Å². The van der Waals surface area contributed by atoms with Crippen LogP contribution in [-0.2, 0) is 0 Å². The molecule has 0 saturated carbocycles. The van der Waals surface area contributed by atoms with Gasteiger partial charge in [0, 0.05) is 19.3 Å². The molecule has 6 heteroatoms. The van der Waals surface area contributed by atoms with Gasteiger partial charge < -0.3 is 20.8 Å². The first-order chi connectivity index (χ1) is 9.00. The van der Waals surface area contributed by atoms with Crippen LogP contribution in [0.2, 0.25) is 0 Å². The van der Waals surface area contributed by atoms with Crippen LogP contribution in [0.3, 0.4) is 0 Å². The van der Waals surface area contributed by atoms with Gasteiger partial charge in [-0.2, -0.15) is 0 Å². The molecule has 6 nitrogen and oxygen atoms in total. The van der Waals surface area contributed by atoms with E-state index in [1.807, 2.05) is 4.90 Å². The average Bonchev–Trinajstić information content (AvgIpc) is 2.38. The Labute approximate surface area is 111 Å². The Balaban J connectivity index is 2.16. The van der Waals surface area contributed by atoms with Crippen LogP contribution >= 0.6 is 0 Å². The van der Waals surface area contributed by atoms with Crippen LogP contribution in [0.1, 0.15) is 30.1 Å². The van der Waals surface area contributed by atoms with E-state index < -0.39 is 5.97 Å². The summed E-state index contributed by atoms with van der Waals surface area (Å²) < 4.78 is 0. The number of pyridine rings is 1. The van der Waals surface area contributed by atoms with Gasteiger partial charge in [-0.1, -0.05) is 0 Å². The number of rotatable bonds is 3. The van der Waals surface area contributed by atoms with Crippen molar-refractivity contribution in [2.24, 2.45) is 5.92 Å². The van der Waals surface area contributed by atoms with Crippen molar-refractivity contribution in [2.45, 2.75) is 25.9 Å². The predicted octanol–water partition coefficient (Wildman–Crippen LogP) is 0.959. The number of carboxylic acid groups (broad SMARTS) is 1. The molecule has 0 bridgehead atoms. The highest BCUT2D eigenvalue weighted by molar-refractivity contribution is 5.96. The Bertz CT molecular complexity index is 468. The zero-order valence-electron chi connectivity index (χ0n) is 10.9. The fraction of sp³-hybridized carbons (Fsp3) is 0.538. The number of nitrogen functional groups attached to an aromatic ring is 1. The van der Waals surface area contributed by atoms with E-state index in [1.54, 1.807) is 6.92 Å². The van der Waals surface area contributed by atoms with E-state index in [9.17, 15) is 9.90 Å². The maximum absolute atomic E-state index is 11.0. The lowest BCUT2D eigenvalue weighted by atomic mass is 9.92. The first-order valence-corrected chi connectivity index (χ1v) is 6.41. The van der Waals surface area contributed by atoms with Crippen molar-refractivity contribution in [1.29, 1.82) is 0 Å². The van der Waals surface area contributed by atoms with Crippen molar-refractivity contribution >= 4 is 17.5 Å². The summed E-state index contributed by atoms with van der Waals surface area (Å²) in [6.07, 6.45) is 2.88. The first-order valence-electron chi connectivity index (χ1n) is 6.41. The Kier molecular flexibility index (Phi) is 3.90. The third kappa shape index (κ3) is 2.78. The molecule has 1 aromatic heterocycles. The van der Waals surface area contributed by atoms with Crippen LogP contribution < -0.4 is 10.6 Å². The Morgan fingerprint density at radius 1 is 1.53 bits per heavy atom. The summed E-state index contributed by atoms with van der Waals surface area (Å²) in [6, 6.07) is 1.41. The highest BCUT2D eigenvalue weighted by atomic mass is 16.4. The van der Waals surface area contributed by atoms with Gasteiger partial charge in [-0.25, -0.2) is 9.78 Å². The molecule has 19 heavy (non-hydrogen) atoms. The van der Waals surface area contributed by atoms with Gasteiger partial charge in [0.1, 0.15) is 0 Å². The molecule has 104 valence electrons. The fourth-order valence-corrected chi connectivity index (χ4v) is 2.49. The van der Waals surface area contributed by atoms with Gasteiger partial charge in [-0.15, -0.1) is 0 Å². The first kappa shape index (κ1) is 13.6. The number of hydrogen-bond donors (Lipinski definition) is 3. The summed E-state index contributed by atoms with van der Waals surface area (Å²) in [6.45, 7) is 3.27. The second kappa shape index (κ2) is 5.44. The molecule has 0 radical (unpaired) electrons. The molecule has 1 aliphatic rings. The summed E-state index contributed by atoms with van der Waals surface area (Å²) in [4.78, 5) is 17.2. The van der Waals surface area contributed by atoms with Crippen molar-refractivity contribution in [3.8, 4) is 0 Å². The zero-order chi connectivity index (χ0) is 14.0. The van der Waals surface area contributed by atoms with Crippen molar-refractivity contribution in [3.05, 3.63) is 17.8 Å². The standard InChI is InChI=1S/C13H19N3O3/c1-8(17)9-3-6-16(7-4-9)12-11(14)10(13(18)19)2-5-15-12/h2,5,8-9,17H,3-4,6-7,14H2,1H3,(H,18,19). The molecule has 1 aromatic rings. The lowest BCUT2D eigenvalue weighted by Crippen LogP contribution is -2.38. The van der Waals surface area contributed by atoms with E-state index >= 15 is 0 Å². The minimum atomic E-state index is -1.04. The van der Waals surface area contributed by atoms with Crippen LogP contribution in [0.15, 0.2) is 12.3 Å². The lowest BCUT2D eigenvalue weighted by Gasteiger charge is -2.34. The Morgan fingerprint density at radius 2 is 2.16 bits per heavy atom. The lowest BCUT2D eigenvalue weighted by molar-refractivity contribution is 0.0698. The third-order valence-corrected chi connectivity index (χ3v) is 3.72. The monoisotopic (exact) mass is 265 g/mol. The largest absolute Gasteiger partial charge is 0.478 e. The van der Waals surface area contributed by atoms with Crippen LogP contribution in [0.4, 0.5) is 11.5 Å². The molecule has 0 aromatic carbocycles. The molecule has 2 heterocycles. The summed E-state index contributed by atoms with van der Waals surface area (Å²) in [7, 11) is 0. The van der Waals surface area contributed by atoms with Crippen LogP contribution in [0, 0.1) is 5.92 Å². The average molecular weight is 265 g/mol. The van der Waals surface area contributed by atoms with Gasteiger partial charge in [0.15, 0.2) is 5.82 Å². The molecule has 2 rings (SSSR count). The number of carboxylic acids is 1. The van der Waals surface area contributed by atoms with Crippen LogP contribution in [0.5, 0.6) is 0 Å². The van der Waals surface area contributed by atoms with Crippen LogP contribution in [-0.4, -0.2) is 40.4 Å². The zero-order valence-corrected chi connectivity index (χ0v) is 10.9. The highest BCUT2D eigenvalue weighted by Crippen LogP contribution is 2.29. The molecular formula is C13H19N3O3. The Hall–Kier alpha value is -1.82. The molecule has 0 amide bonds. The topological polar surface area (TPSA) is 99.7 Å². The van der Waals surface area contributed by atoms with E-state index in [4.69, 9.17) is 10.8 Å². The summed E-state index contributed by atoms with van der Waals surface area (Å²) in [5.74, 6) is -0.218. The fourth-order valence-electron chi connectivity index (χ4n) is 2.49. The van der Waals surface area contributed by atoms with E-state index in [2.05, 4.69) is 4.98 Å². The number of anilines is 2. The second-order valence-corrected chi connectivity index (χ2v) is 4.97. The molecule has 1 aliphatic heterocycles. The number of aliphatic hydroxyl groups is 1. The molecule has 0 spiro atoms. The van der Waals surface area contributed by atoms with Crippen molar-refractivity contribution in [1.82, 2.24) is 4.98 Å². The number of aromatic carboxylic acids is 1. The van der Waals surface area contributed by atoms with Crippen molar-refractivity contribution in [2.75, 3.05) is 23.7 Å².